The Morgan fingerprint density at radius 1 is 0.760 bits per heavy atom. The molecule has 0 heterocycles. The predicted octanol–water partition coefficient (Wildman–Crippen LogP) is 5.29. The van der Waals surface area contributed by atoms with Gasteiger partial charge in [0, 0.05) is 17.7 Å². The fourth-order valence-electron chi connectivity index (χ4n) is 3.32. The second kappa shape index (κ2) is 5.95. The molecule has 1 N–H and O–H groups in total. The van der Waals surface area contributed by atoms with Gasteiger partial charge < -0.3 is 9.84 Å². The van der Waals surface area contributed by atoms with Crippen LogP contribution in [0.2, 0.25) is 0 Å². The Morgan fingerprint density at radius 3 is 1.92 bits per heavy atom. The fraction of sp³-hybridized carbons (Fsp3) is 0.0455. The molecule has 0 fully saturated rings. The minimum absolute atomic E-state index is 0.232. The van der Waals surface area contributed by atoms with Crippen molar-refractivity contribution in [3.8, 4) is 22.6 Å². The summed E-state index contributed by atoms with van der Waals surface area (Å²) in [6.07, 6.45) is 0. The SMILES string of the molecule is CC(=O)Oc1cccc2cccc(-c3cccc4cccc(O)c34)c12. The van der Waals surface area contributed by atoms with Gasteiger partial charge in [-0.1, -0.05) is 60.7 Å². The van der Waals surface area contributed by atoms with E-state index in [4.69, 9.17) is 4.74 Å². The molecular weight excluding hydrogens is 312 g/mol. The van der Waals surface area contributed by atoms with E-state index in [1.165, 1.54) is 6.92 Å². The molecule has 0 aliphatic heterocycles. The first-order valence-corrected chi connectivity index (χ1v) is 8.06. The summed E-state index contributed by atoms with van der Waals surface area (Å²) < 4.78 is 5.43. The molecule has 3 heteroatoms. The molecular formula is C22H16O3. The van der Waals surface area contributed by atoms with Gasteiger partial charge in [0.05, 0.1) is 0 Å². The zero-order valence-corrected chi connectivity index (χ0v) is 13.7. The highest BCUT2D eigenvalue weighted by atomic mass is 16.5. The zero-order chi connectivity index (χ0) is 17.4. The Morgan fingerprint density at radius 2 is 1.28 bits per heavy atom. The van der Waals surface area contributed by atoms with E-state index in [0.717, 1.165) is 32.7 Å². The van der Waals surface area contributed by atoms with Gasteiger partial charge in [-0.15, -0.1) is 0 Å². The minimum Gasteiger partial charge on any atom is -0.507 e. The van der Waals surface area contributed by atoms with E-state index in [9.17, 15) is 9.90 Å². The van der Waals surface area contributed by atoms with Crippen LogP contribution in [-0.4, -0.2) is 11.1 Å². The van der Waals surface area contributed by atoms with E-state index < -0.39 is 0 Å². The van der Waals surface area contributed by atoms with Gasteiger partial charge in [-0.05, 0) is 34.0 Å². The topological polar surface area (TPSA) is 46.5 Å². The standard InChI is InChI=1S/C22H16O3/c1-14(23)25-20-13-5-9-16-7-3-11-18(22(16)20)17-10-2-6-15-8-4-12-19(24)21(15)17/h2-13,24H,1H3. The van der Waals surface area contributed by atoms with Crippen molar-refractivity contribution in [1.29, 1.82) is 0 Å². The minimum atomic E-state index is -0.358. The van der Waals surface area contributed by atoms with Gasteiger partial charge in [-0.25, -0.2) is 0 Å². The Hall–Kier alpha value is -3.33. The number of fused-ring (bicyclic) bond motifs is 2. The summed E-state index contributed by atoms with van der Waals surface area (Å²) in [6, 6.07) is 23.0. The number of carbonyl (C=O) groups excluding carboxylic acids is 1. The highest BCUT2D eigenvalue weighted by Gasteiger charge is 2.14. The van der Waals surface area contributed by atoms with Gasteiger partial charge in [0.15, 0.2) is 0 Å². The van der Waals surface area contributed by atoms with Gasteiger partial charge in [0.25, 0.3) is 0 Å². The van der Waals surface area contributed by atoms with Gasteiger partial charge in [-0.2, -0.15) is 0 Å². The van der Waals surface area contributed by atoms with E-state index in [1.54, 1.807) is 12.1 Å². The summed E-state index contributed by atoms with van der Waals surface area (Å²) in [4.78, 5) is 11.5. The number of phenolic OH excluding ortho intramolecular Hbond substituents is 1. The van der Waals surface area contributed by atoms with Crippen molar-refractivity contribution in [2.45, 2.75) is 6.92 Å². The van der Waals surface area contributed by atoms with Crippen LogP contribution in [0.3, 0.4) is 0 Å². The number of benzene rings is 4. The highest BCUT2D eigenvalue weighted by Crippen LogP contribution is 2.40. The first kappa shape index (κ1) is 15.2. The third-order valence-electron chi connectivity index (χ3n) is 4.29. The van der Waals surface area contributed by atoms with Crippen LogP contribution in [0.1, 0.15) is 6.92 Å². The van der Waals surface area contributed by atoms with Crippen molar-refractivity contribution in [1.82, 2.24) is 0 Å². The molecule has 0 saturated carbocycles. The quantitative estimate of drug-likeness (QED) is 0.402. The molecule has 0 aliphatic rings. The highest BCUT2D eigenvalue weighted by molar-refractivity contribution is 6.09. The lowest BCUT2D eigenvalue weighted by Gasteiger charge is -2.14. The summed E-state index contributed by atoms with van der Waals surface area (Å²) in [5, 5.41) is 14.0. The molecule has 4 aromatic rings. The molecule has 0 saturated heterocycles. The molecule has 0 atom stereocenters. The second-order valence-corrected chi connectivity index (χ2v) is 5.93. The Balaban J connectivity index is 2.11. The van der Waals surface area contributed by atoms with E-state index in [2.05, 4.69) is 0 Å². The first-order chi connectivity index (χ1) is 12.1. The molecule has 0 aliphatic carbocycles. The van der Waals surface area contributed by atoms with Crippen molar-refractivity contribution in [3.63, 3.8) is 0 Å². The lowest BCUT2D eigenvalue weighted by atomic mass is 9.93. The maximum atomic E-state index is 11.5. The van der Waals surface area contributed by atoms with Gasteiger partial charge >= 0.3 is 5.97 Å². The lowest BCUT2D eigenvalue weighted by Crippen LogP contribution is -2.02. The maximum Gasteiger partial charge on any atom is 0.308 e. The molecule has 0 amide bonds. The average Bonchev–Trinajstić information content (AvgIpc) is 2.61. The van der Waals surface area contributed by atoms with Gasteiger partial charge in [-0.3, -0.25) is 4.79 Å². The number of esters is 1. The van der Waals surface area contributed by atoms with Crippen LogP contribution in [0.15, 0.2) is 72.8 Å². The van der Waals surface area contributed by atoms with Crippen LogP contribution in [0.25, 0.3) is 32.7 Å². The maximum absolute atomic E-state index is 11.5. The summed E-state index contributed by atoms with van der Waals surface area (Å²) >= 11 is 0. The molecule has 0 radical (unpaired) electrons. The van der Waals surface area contributed by atoms with Crippen molar-refractivity contribution >= 4 is 27.5 Å². The summed E-state index contributed by atoms with van der Waals surface area (Å²) in [6.45, 7) is 1.39. The van der Waals surface area contributed by atoms with Crippen LogP contribution < -0.4 is 4.74 Å². The van der Waals surface area contributed by atoms with Crippen LogP contribution in [0.4, 0.5) is 0 Å². The second-order valence-electron chi connectivity index (χ2n) is 5.93. The largest absolute Gasteiger partial charge is 0.507 e. The molecule has 0 unspecified atom stereocenters. The van der Waals surface area contributed by atoms with Crippen molar-refractivity contribution in [2.24, 2.45) is 0 Å². The average molecular weight is 328 g/mol. The molecule has 3 nitrogen and oxygen atoms in total. The number of rotatable bonds is 2. The van der Waals surface area contributed by atoms with Crippen LogP contribution in [0, 0.1) is 0 Å². The number of phenols is 1. The number of ether oxygens (including phenoxy) is 1. The summed E-state index contributed by atoms with van der Waals surface area (Å²) in [7, 11) is 0. The Labute approximate surface area is 145 Å². The smallest absolute Gasteiger partial charge is 0.308 e. The normalized spacial score (nSPS) is 10.9. The monoisotopic (exact) mass is 328 g/mol. The molecule has 25 heavy (non-hydrogen) atoms. The zero-order valence-electron chi connectivity index (χ0n) is 13.7. The molecule has 0 aromatic heterocycles. The number of hydrogen-bond acceptors (Lipinski definition) is 3. The number of carbonyl (C=O) groups is 1. The fourth-order valence-corrected chi connectivity index (χ4v) is 3.32. The van der Waals surface area contributed by atoms with Crippen LogP contribution in [-0.2, 0) is 4.79 Å². The first-order valence-electron chi connectivity index (χ1n) is 8.06. The summed E-state index contributed by atoms with van der Waals surface area (Å²) in [5.74, 6) is 0.395. The molecule has 4 rings (SSSR count). The molecule has 4 aromatic carbocycles. The third kappa shape index (κ3) is 2.60. The Bertz CT molecular complexity index is 1100. The number of aromatic hydroxyl groups is 1. The number of hydrogen-bond donors (Lipinski definition) is 1. The molecule has 0 bridgehead atoms. The molecule has 0 spiro atoms. The predicted molar refractivity (Wildman–Crippen MR) is 99.9 cm³/mol. The third-order valence-corrected chi connectivity index (χ3v) is 4.29. The van der Waals surface area contributed by atoms with E-state index in [1.807, 2.05) is 60.7 Å². The van der Waals surface area contributed by atoms with Crippen molar-refractivity contribution < 1.29 is 14.6 Å². The van der Waals surface area contributed by atoms with E-state index >= 15 is 0 Å². The van der Waals surface area contributed by atoms with Crippen molar-refractivity contribution in [2.75, 3.05) is 0 Å². The van der Waals surface area contributed by atoms with Gasteiger partial charge in [0.1, 0.15) is 11.5 Å². The lowest BCUT2D eigenvalue weighted by molar-refractivity contribution is -0.131. The van der Waals surface area contributed by atoms with Crippen LogP contribution in [0.5, 0.6) is 11.5 Å². The van der Waals surface area contributed by atoms with E-state index in [0.29, 0.717) is 5.75 Å². The van der Waals surface area contributed by atoms with E-state index in [-0.39, 0.29) is 11.7 Å². The Kier molecular flexibility index (Phi) is 3.62. The summed E-state index contributed by atoms with van der Waals surface area (Å²) in [5.41, 5.74) is 1.82. The molecule has 122 valence electrons. The van der Waals surface area contributed by atoms with Crippen LogP contribution >= 0.6 is 0 Å². The van der Waals surface area contributed by atoms with Gasteiger partial charge in [0.2, 0.25) is 0 Å². The van der Waals surface area contributed by atoms with Crippen molar-refractivity contribution in [3.05, 3.63) is 72.8 Å².